The van der Waals surface area contributed by atoms with E-state index in [-0.39, 0.29) is 15.8 Å². The molecule has 3 aromatic rings. The van der Waals surface area contributed by atoms with Crippen molar-refractivity contribution in [3.8, 4) is 0 Å². The molecule has 1 heterocycles. The van der Waals surface area contributed by atoms with Crippen LogP contribution in [0.5, 0.6) is 0 Å². The quantitative estimate of drug-likeness (QED) is 0.308. The lowest BCUT2D eigenvalue weighted by molar-refractivity contribution is 1.02. The maximum Gasteiger partial charge on any atom is 0.0786 e. The summed E-state index contributed by atoms with van der Waals surface area (Å²) < 4.78 is 0. The van der Waals surface area contributed by atoms with E-state index in [1.807, 2.05) is 0 Å². The van der Waals surface area contributed by atoms with Gasteiger partial charge in [0.1, 0.15) is 0 Å². The Labute approximate surface area is 173 Å². The summed E-state index contributed by atoms with van der Waals surface area (Å²) in [6.45, 7) is 19.0. The van der Waals surface area contributed by atoms with Gasteiger partial charge in [-0.2, -0.15) is 0 Å². The second kappa shape index (κ2) is 8.77. The third kappa shape index (κ3) is 4.13. The molecular formula is C25H35NP2. The van der Waals surface area contributed by atoms with Crippen LogP contribution in [0, 0.1) is 0 Å². The third-order valence-electron chi connectivity index (χ3n) is 5.41. The number of nitrogens with zero attached hydrogens (tertiary/aromatic N) is 1. The van der Waals surface area contributed by atoms with Gasteiger partial charge in [-0.05, 0) is 28.7 Å². The van der Waals surface area contributed by atoms with Gasteiger partial charge >= 0.3 is 0 Å². The topological polar surface area (TPSA) is 12.9 Å². The minimum Gasteiger partial charge on any atom is -0.246 e. The Kier molecular flexibility index (Phi) is 6.79. The number of fused-ring (bicyclic) bond motifs is 2. The highest BCUT2D eigenvalue weighted by atomic mass is 31.1. The van der Waals surface area contributed by atoms with E-state index >= 15 is 0 Å². The number of aromatic nitrogens is 1. The third-order valence-corrected chi connectivity index (χ3v) is 11.7. The van der Waals surface area contributed by atoms with E-state index in [9.17, 15) is 0 Å². The molecule has 0 unspecified atom stereocenters. The number of para-hydroxylation sites is 2. The summed E-state index contributed by atoms with van der Waals surface area (Å²) in [5.41, 5.74) is 5.12. The van der Waals surface area contributed by atoms with Gasteiger partial charge in [0.2, 0.25) is 0 Å². The molecule has 2 aromatic carbocycles. The Hall–Kier alpha value is -1.03. The van der Waals surface area contributed by atoms with Crippen LogP contribution in [0.4, 0.5) is 0 Å². The van der Waals surface area contributed by atoms with Crippen LogP contribution >= 0.6 is 15.8 Å². The van der Waals surface area contributed by atoms with Crippen molar-refractivity contribution in [2.75, 3.05) is 0 Å². The Morgan fingerprint density at radius 3 is 1.25 bits per heavy atom. The van der Waals surface area contributed by atoms with Gasteiger partial charge in [-0.25, -0.2) is 4.98 Å². The molecule has 0 spiro atoms. The van der Waals surface area contributed by atoms with Crippen molar-refractivity contribution in [3.05, 3.63) is 42.5 Å². The summed E-state index contributed by atoms with van der Waals surface area (Å²) >= 11 is 0. The minimum atomic E-state index is -0.236. The molecule has 0 atom stereocenters. The summed E-state index contributed by atoms with van der Waals surface area (Å²) in [6, 6.07) is 16.0. The zero-order chi connectivity index (χ0) is 20.6. The number of benzene rings is 2. The van der Waals surface area contributed by atoms with Crippen molar-refractivity contribution in [1.82, 2.24) is 4.98 Å². The summed E-state index contributed by atoms with van der Waals surface area (Å²) in [5, 5.41) is 5.53. The van der Waals surface area contributed by atoms with Crippen LogP contribution in [0.3, 0.4) is 0 Å². The Morgan fingerprint density at radius 1 is 0.571 bits per heavy atom. The first-order chi connectivity index (χ1) is 13.2. The molecule has 0 aliphatic carbocycles. The lowest BCUT2D eigenvalue weighted by Crippen LogP contribution is -2.19. The maximum absolute atomic E-state index is 5.38. The summed E-state index contributed by atoms with van der Waals surface area (Å²) in [6.07, 6.45) is 0. The van der Waals surface area contributed by atoms with E-state index in [2.05, 4.69) is 97.9 Å². The highest BCUT2D eigenvalue weighted by molar-refractivity contribution is 7.67. The number of rotatable bonds is 6. The Bertz CT molecular complexity index is 868. The van der Waals surface area contributed by atoms with E-state index in [0.29, 0.717) is 22.6 Å². The first kappa shape index (κ1) is 21.7. The highest BCUT2D eigenvalue weighted by Crippen LogP contribution is 2.48. The molecule has 0 radical (unpaired) electrons. The Balaban J connectivity index is 2.33. The van der Waals surface area contributed by atoms with Gasteiger partial charge < -0.3 is 0 Å². The predicted molar refractivity (Wildman–Crippen MR) is 133 cm³/mol. The van der Waals surface area contributed by atoms with Gasteiger partial charge in [-0.1, -0.05) is 108 Å². The summed E-state index contributed by atoms with van der Waals surface area (Å²) in [7, 11) is -0.472. The molecule has 1 nitrogen and oxygen atoms in total. The molecule has 0 aliphatic heterocycles. The van der Waals surface area contributed by atoms with Crippen molar-refractivity contribution in [3.63, 3.8) is 0 Å². The SMILES string of the molecule is CC(C)P(c1cccc2cc3cccc(P(C(C)C)C(C)C)c3nc12)C(C)C. The molecule has 3 heteroatoms. The average molecular weight is 412 g/mol. The molecule has 3 rings (SSSR count). The molecule has 1 aromatic heterocycles. The van der Waals surface area contributed by atoms with Crippen molar-refractivity contribution in [2.45, 2.75) is 78.0 Å². The monoisotopic (exact) mass is 411 g/mol. The molecular weight excluding hydrogens is 376 g/mol. The van der Waals surface area contributed by atoms with Gasteiger partial charge in [0.15, 0.2) is 0 Å². The standard InChI is InChI=1S/C25H35NP2/c1-16(2)27(17(3)4)22-13-9-11-20-15-21-12-10-14-23(25(21)26-24(20)22)28(18(5)6)19(7)8/h9-19H,1-8H3. The zero-order valence-electron chi connectivity index (χ0n) is 18.7. The van der Waals surface area contributed by atoms with Crippen LogP contribution in [0.15, 0.2) is 42.5 Å². The van der Waals surface area contributed by atoms with Gasteiger partial charge in [0, 0.05) is 21.4 Å². The molecule has 0 N–H and O–H groups in total. The van der Waals surface area contributed by atoms with Gasteiger partial charge in [0.05, 0.1) is 11.0 Å². The molecule has 0 aliphatic rings. The van der Waals surface area contributed by atoms with Gasteiger partial charge in [-0.3, -0.25) is 0 Å². The fourth-order valence-electron chi connectivity index (χ4n) is 4.58. The molecule has 150 valence electrons. The predicted octanol–water partition coefficient (Wildman–Crippen LogP) is 7.24. The van der Waals surface area contributed by atoms with Crippen molar-refractivity contribution >= 4 is 48.3 Å². The van der Waals surface area contributed by atoms with E-state index in [4.69, 9.17) is 4.98 Å². The fourth-order valence-corrected chi connectivity index (χ4v) is 10.5. The van der Waals surface area contributed by atoms with Crippen LogP contribution < -0.4 is 10.6 Å². The smallest absolute Gasteiger partial charge is 0.0786 e. The maximum atomic E-state index is 5.38. The first-order valence-electron chi connectivity index (χ1n) is 10.6. The molecule has 0 fully saturated rings. The van der Waals surface area contributed by atoms with E-state index in [0.717, 1.165) is 0 Å². The van der Waals surface area contributed by atoms with Gasteiger partial charge in [0.25, 0.3) is 0 Å². The number of hydrogen-bond acceptors (Lipinski definition) is 1. The van der Waals surface area contributed by atoms with Crippen LogP contribution in [-0.4, -0.2) is 27.6 Å². The first-order valence-corrected chi connectivity index (χ1v) is 13.6. The van der Waals surface area contributed by atoms with E-state index in [1.54, 1.807) is 0 Å². The lowest BCUT2D eigenvalue weighted by atomic mass is 10.1. The molecule has 28 heavy (non-hydrogen) atoms. The van der Waals surface area contributed by atoms with Crippen molar-refractivity contribution < 1.29 is 0 Å². The number of pyridine rings is 1. The van der Waals surface area contributed by atoms with Crippen LogP contribution in [0.1, 0.15) is 55.4 Å². The minimum absolute atomic E-state index is 0.236. The Morgan fingerprint density at radius 2 is 0.929 bits per heavy atom. The zero-order valence-corrected chi connectivity index (χ0v) is 20.5. The number of hydrogen-bond donors (Lipinski definition) is 0. The summed E-state index contributed by atoms with van der Waals surface area (Å²) in [4.78, 5) is 5.38. The van der Waals surface area contributed by atoms with Crippen molar-refractivity contribution in [2.24, 2.45) is 0 Å². The summed E-state index contributed by atoms with van der Waals surface area (Å²) in [5.74, 6) is 0. The molecule has 0 saturated carbocycles. The normalized spacial score (nSPS) is 12.8. The van der Waals surface area contributed by atoms with Crippen molar-refractivity contribution in [1.29, 1.82) is 0 Å². The highest BCUT2D eigenvalue weighted by Gasteiger charge is 2.24. The van der Waals surface area contributed by atoms with Crippen LogP contribution in [-0.2, 0) is 0 Å². The second-order valence-electron chi connectivity index (χ2n) is 8.88. The second-order valence-corrected chi connectivity index (χ2v) is 15.6. The van der Waals surface area contributed by atoms with E-state index < -0.39 is 0 Å². The molecule has 0 bridgehead atoms. The average Bonchev–Trinajstić information content (AvgIpc) is 2.59. The van der Waals surface area contributed by atoms with Crippen LogP contribution in [0.25, 0.3) is 21.8 Å². The van der Waals surface area contributed by atoms with Crippen LogP contribution in [0.2, 0.25) is 0 Å². The fraction of sp³-hybridized carbons (Fsp3) is 0.480. The lowest BCUT2D eigenvalue weighted by Gasteiger charge is -2.28. The molecule has 0 amide bonds. The van der Waals surface area contributed by atoms with E-state index in [1.165, 1.54) is 32.4 Å². The van der Waals surface area contributed by atoms with Gasteiger partial charge in [-0.15, -0.1) is 0 Å². The largest absolute Gasteiger partial charge is 0.246 e. The molecule has 0 saturated heterocycles.